The Morgan fingerprint density at radius 2 is 1.91 bits per heavy atom. The maximum Gasteiger partial charge on any atom is 0.226 e. The van der Waals surface area contributed by atoms with Crippen LogP contribution in [-0.4, -0.2) is 17.9 Å². The Labute approximate surface area is 133 Å². The van der Waals surface area contributed by atoms with E-state index in [0.717, 1.165) is 11.1 Å². The Balaban J connectivity index is 1.80. The summed E-state index contributed by atoms with van der Waals surface area (Å²) in [6.07, 6.45) is 13.3. The van der Waals surface area contributed by atoms with Crippen molar-refractivity contribution in [2.75, 3.05) is 7.05 Å². The number of nitrogens with zero attached hydrogens (tertiary/aromatic N) is 1. The number of hydrogen-bond acceptors (Lipinski definition) is 1. The Morgan fingerprint density at radius 3 is 2.59 bits per heavy atom. The maximum atomic E-state index is 12.1. The van der Waals surface area contributed by atoms with Crippen LogP contribution in [0, 0.1) is 5.92 Å². The smallest absolute Gasteiger partial charge is 0.226 e. The highest BCUT2D eigenvalue weighted by atomic mass is 16.2. The molecule has 0 atom stereocenters. The van der Waals surface area contributed by atoms with Crippen LogP contribution < -0.4 is 0 Å². The van der Waals surface area contributed by atoms with Crippen LogP contribution in [0.25, 0.3) is 6.08 Å². The lowest BCUT2D eigenvalue weighted by Crippen LogP contribution is -2.22. The first-order valence-electron chi connectivity index (χ1n) is 8.01. The minimum atomic E-state index is 0.197. The highest BCUT2D eigenvalue weighted by molar-refractivity contribution is 5.77. The minimum Gasteiger partial charge on any atom is -0.322 e. The van der Waals surface area contributed by atoms with Crippen LogP contribution in [0.5, 0.6) is 0 Å². The zero-order valence-electron chi connectivity index (χ0n) is 13.4. The second kappa shape index (κ2) is 8.38. The predicted octanol–water partition coefficient (Wildman–Crippen LogP) is 4.81. The van der Waals surface area contributed by atoms with Crippen LogP contribution in [0.2, 0.25) is 0 Å². The van der Waals surface area contributed by atoms with Gasteiger partial charge in [0, 0.05) is 19.7 Å². The molecule has 1 saturated carbocycles. The summed E-state index contributed by atoms with van der Waals surface area (Å²) < 4.78 is 0. The van der Waals surface area contributed by atoms with E-state index in [2.05, 4.69) is 6.58 Å². The average molecular weight is 295 g/mol. The van der Waals surface area contributed by atoms with Crippen molar-refractivity contribution >= 4 is 12.0 Å². The molecule has 1 aliphatic carbocycles. The normalized spacial score (nSPS) is 15.7. The molecule has 1 aromatic carbocycles. The van der Waals surface area contributed by atoms with Gasteiger partial charge in [-0.2, -0.15) is 0 Å². The molecule has 0 spiro atoms. The second-order valence-corrected chi connectivity index (χ2v) is 5.99. The largest absolute Gasteiger partial charge is 0.322 e. The third-order valence-electron chi connectivity index (χ3n) is 4.13. The monoisotopic (exact) mass is 295 g/mol. The molecule has 116 valence electrons. The molecule has 0 bridgehead atoms. The number of hydrogen-bond donors (Lipinski definition) is 0. The predicted molar refractivity (Wildman–Crippen MR) is 93.1 cm³/mol. The summed E-state index contributed by atoms with van der Waals surface area (Å²) in [5, 5.41) is 0. The van der Waals surface area contributed by atoms with Crippen molar-refractivity contribution in [2.45, 2.75) is 32.1 Å². The summed E-state index contributed by atoms with van der Waals surface area (Å²) >= 11 is 0. The molecule has 0 heterocycles. The van der Waals surface area contributed by atoms with E-state index < -0.39 is 0 Å². The number of amides is 1. The molecular weight excluding hydrogens is 270 g/mol. The molecule has 22 heavy (non-hydrogen) atoms. The van der Waals surface area contributed by atoms with Gasteiger partial charge in [-0.3, -0.25) is 4.79 Å². The van der Waals surface area contributed by atoms with Gasteiger partial charge in [0.05, 0.1) is 0 Å². The zero-order chi connectivity index (χ0) is 15.8. The Hall–Kier alpha value is -2.09. The van der Waals surface area contributed by atoms with Gasteiger partial charge in [-0.1, -0.05) is 61.9 Å². The van der Waals surface area contributed by atoms with Crippen molar-refractivity contribution in [3.8, 4) is 0 Å². The van der Waals surface area contributed by atoms with Crippen LogP contribution in [0.1, 0.15) is 37.7 Å². The van der Waals surface area contributed by atoms with Crippen molar-refractivity contribution in [3.05, 3.63) is 66.4 Å². The van der Waals surface area contributed by atoms with E-state index in [-0.39, 0.29) is 5.91 Å². The fourth-order valence-corrected chi connectivity index (χ4v) is 2.72. The molecule has 2 heteroatoms. The third kappa shape index (κ3) is 5.36. The van der Waals surface area contributed by atoms with Gasteiger partial charge in [0.15, 0.2) is 0 Å². The van der Waals surface area contributed by atoms with Crippen molar-refractivity contribution in [1.82, 2.24) is 4.90 Å². The number of benzene rings is 1. The first-order chi connectivity index (χ1) is 10.6. The summed E-state index contributed by atoms with van der Waals surface area (Å²) in [6.45, 7) is 3.99. The summed E-state index contributed by atoms with van der Waals surface area (Å²) in [7, 11) is 1.82. The van der Waals surface area contributed by atoms with E-state index in [4.69, 9.17) is 0 Å². The quantitative estimate of drug-likeness (QED) is 0.690. The molecule has 0 N–H and O–H groups in total. The van der Waals surface area contributed by atoms with Crippen LogP contribution in [0.15, 0.2) is 60.8 Å². The van der Waals surface area contributed by atoms with Gasteiger partial charge >= 0.3 is 0 Å². The van der Waals surface area contributed by atoms with Gasteiger partial charge in [0.1, 0.15) is 0 Å². The fourth-order valence-electron chi connectivity index (χ4n) is 2.72. The van der Waals surface area contributed by atoms with Crippen LogP contribution >= 0.6 is 0 Å². The molecule has 0 aliphatic heterocycles. The number of carbonyl (C=O) groups is 1. The van der Waals surface area contributed by atoms with E-state index in [9.17, 15) is 4.79 Å². The first-order valence-corrected chi connectivity index (χ1v) is 8.01. The minimum absolute atomic E-state index is 0.197. The van der Waals surface area contributed by atoms with Crippen molar-refractivity contribution in [3.63, 3.8) is 0 Å². The Kier molecular flexibility index (Phi) is 6.20. The summed E-state index contributed by atoms with van der Waals surface area (Å²) in [5.41, 5.74) is 2.02. The summed E-state index contributed by atoms with van der Waals surface area (Å²) in [5.74, 6) is 0.785. The number of rotatable bonds is 6. The molecule has 0 saturated heterocycles. The SMILES string of the molecule is C=C(/C=C\N(C)C(=O)CC1CCCC1)/C=C/c1ccccc1. The number of carbonyl (C=O) groups excluding carboxylic acids is 1. The van der Waals surface area contributed by atoms with Crippen LogP contribution in [0.3, 0.4) is 0 Å². The lowest BCUT2D eigenvalue weighted by molar-refractivity contribution is -0.128. The van der Waals surface area contributed by atoms with E-state index in [1.54, 1.807) is 4.90 Å². The highest BCUT2D eigenvalue weighted by Crippen LogP contribution is 2.27. The topological polar surface area (TPSA) is 20.3 Å². The second-order valence-electron chi connectivity index (χ2n) is 5.99. The van der Waals surface area contributed by atoms with Gasteiger partial charge in [0.25, 0.3) is 0 Å². The van der Waals surface area contributed by atoms with Gasteiger partial charge in [-0.15, -0.1) is 0 Å². The molecule has 2 nitrogen and oxygen atoms in total. The van der Waals surface area contributed by atoms with Gasteiger partial charge in [-0.25, -0.2) is 0 Å². The molecular formula is C20H25NO. The fraction of sp³-hybridized carbons (Fsp3) is 0.350. The molecule has 1 aliphatic rings. The van der Waals surface area contributed by atoms with Gasteiger partial charge in [0.2, 0.25) is 5.91 Å². The maximum absolute atomic E-state index is 12.1. The van der Waals surface area contributed by atoms with E-state index in [1.807, 2.05) is 61.8 Å². The van der Waals surface area contributed by atoms with E-state index in [1.165, 1.54) is 25.7 Å². The molecule has 1 fully saturated rings. The molecule has 0 unspecified atom stereocenters. The highest BCUT2D eigenvalue weighted by Gasteiger charge is 2.19. The van der Waals surface area contributed by atoms with Crippen LogP contribution in [-0.2, 0) is 4.79 Å². The van der Waals surface area contributed by atoms with Gasteiger partial charge < -0.3 is 4.90 Å². The molecule has 2 rings (SSSR count). The van der Waals surface area contributed by atoms with Crippen molar-refractivity contribution in [2.24, 2.45) is 5.92 Å². The molecule has 1 amide bonds. The lowest BCUT2D eigenvalue weighted by atomic mass is 10.0. The Bertz CT molecular complexity index is 550. The molecule has 0 aromatic heterocycles. The third-order valence-corrected chi connectivity index (χ3v) is 4.13. The molecule has 1 aromatic rings. The molecule has 0 radical (unpaired) electrons. The number of allylic oxidation sites excluding steroid dienone is 3. The van der Waals surface area contributed by atoms with Crippen LogP contribution in [0.4, 0.5) is 0 Å². The van der Waals surface area contributed by atoms with Gasteiger partial charge in [-0.05, 0) is 36.0 Å². The van der Waals surface area contributed by atoms with Crippen molar-refractivity contribution in [1.29, 1.82) is 0 Å². The average Bonchev–Trinajstić information content (AvgIpc) is 3.04. The van der Waals surface area contributed by atoms with Crippen molar-refractivity contribution < 1.29 is 4.79 Å². The zero-order valence-corrected chi connectivity index (χ0v) is 13.4. The standard InChI is InChI=1S/C20H25NO/c1-17(12-13-18-8-4-3-5-9-18)14-15-21(2)20(22)16-19-10-6-7-11-19/h3-5,8-9,12-15,19H,1,6-7,10-11,16H2,2H3/b13-12+,15-14-. The first kappa shape index (κ1) is 16.3. The Morgan fingerprint density at radius 1 is 1.23 bits per heavy atom. The summed E-state index contributed by atoms with van der Waals surface area (Å²) in [6, 6.07) is 10.1. The summed E-state index contributed by atoms with van der Waals surface area (Å²) in [4.78, 5) is 13.8. The van der Waals surface area contributed by atoms with E-state index in [0.29, 0.717) is 12.3 Å². The van der Waals surface area contributed by atoms with E-state index >= 15 is 0 Å². The lowest BCUT2D eigenvalue weighted by Gasteiger charge is -2.15.